The first-order valence-corrected chi connectivity index (χ1v) is 7.28. The topological polar surface area (TPSA) is 78.9 Å². The van der Waals surface area contributed by atoms with Crippen LogP contribution in [-0.4, -0.2) is 33.4 Å². The smallest absolute Gasteiger partial charge is 0.182 e. The van der Waals surface area contributed by atoms with Gasteiger partial charge in [0.1, 0.15) is 0 Å². The standard InChI is InChI=1S/C15H23N5O/c1-11(2)6-8-21-9-7-20-15(17-18-19-20)14-5-4-13(16)10-12(14)3/h4-5,10-11H,6-9,16H2,1-3H3. The van der Waals surface area contributed by atoms with Crippen LogP contribution in [0.1, 0.15) is 25.8 Å². The van der Waals surface area contributed by atoms with Gasteiger partial charge in [-0.2, -0.15) is 0 Å². The second-order valence-corrected chi connectivity index (χ2v) is 5.59. The van der Waals surface area contributed by atoms with Crippen molar-refractivity contribution >= 4 is 5.69 Å². The first-order valence-electron chi connectivity index (χ1n) is 7.28. The van der Waals surface area contributed by atoms with Crippen LogP contribution in [0.15, 0.2) is 18.2 Å². The molecule has 0 amide bonds. The number of nitrogen functional groups attached to an aromatic ring is 1. The summed E-state index contributed by atoms with van der Waals surface area (Å²) in [5.41, 5.74) is 8.58. The number of nitrogens with zero attached hydrogens (tertiary/aromatic N) is 4. The average Bonchev–Trinajstić information content (AvgIpc) is 2.86. The number of anilines is 1. The van der Waals surface area contributed by atoms with Crippen LogP contribution < -0.4 is 5.73 Å². The van der Waals surface area contributed by atoms with E-state index in [1.807, 2.05) is 25.1 Å². The quantitative estimate of drug-likeness (QED) is 0.625. The van der Waals surface area contributed by atoms with Gasteiger partial charge < -0.3 is 10.5 Å². The number of tetrazole rings is 1. The molecule has 0 saturated heterocycles. The van der Waals surface area contributed by atoms with Crippen LogP contribution >= 0.6 is 0 Å². The molecule has 114 valence electrons. The molecular weight excluding hydrogens is 266 g/mol. The summed E-state index contributed by atoms with van der Waals surface area (Å²) in [5, 5.41) is 11.9. The van der Waals surface area contributed by atoms with Crippen molar-refractivity contribution in [2.24, 2.45) is 5.92 Å². The van der Waals surface area contributed by atoms with Crippen molar-refractivity contribution in [2.45, 2.75) is 33.7 Å². The number of ether oxygens (including phenoxy) is 1. The summed E-state index contributed by atoms with van der Waals surface area (Å²) in [4.78, 5) is 0. The summed E-state index contributed by atoms with van der Waals surface area (Å²) in [5.74, 6) is 1.41. The second-order valence-electron chi connectivity index (χ2n) is 5.59. The maximum absolute atomic E-state index is 5.78. The Kier molecular flexibility index (Phi) is 5.27. The Hall–Kier alpha value is -1.95. The fourth-order valence-electron chi connectivity index (χ4n) is 2.06. The fraction of sp³-hybridized carbons (Fsp3) is 0.533. The van der Waals surface area contributed by atoms with Gasteiger partial charge in [-0.25, -0.2) is 4.68 Å². The number of benzene rings is 1. The van der Waals surface area contributed by atoms with Gasteiger partial charge >= 0.3 is 0 Å². The molecule has 2 rings (SSSR count). The maximum Gasteiger partial charge on any atom is 0.182 e. The van der Waals surface area contributed by atoms with E-state index in [-0.39, 0.29) is 0 Å². The van der Waals surface area contributed by atoms with Gasteiger partial charge in [0, 0.05) is 17.9 Å². The van der Waals surface area contributed by atoms with Crippen LogP contribution in [0.25, 0.3) is 11.4 Å². The van der Waals surface area contributed by atoms with Crippen molar-refractivity contribution in [3.8, 4) is 11.4 Å². The molecule has 0 aliphatic carbocycles. The van der Waals surface area contributed by atoms with Crippen molar-refractivity contribution in [3.63, 3.8) is 0 Å². The van der Waals surface area contributed by atoms with Crippen molar-refractivity contribution in [1.82, 2.24) is 20.2 Å². The predicted octanol–water partition coefficient (Wildman–Crippen LogP) is 2.29. The lowest BCUT2D eigenvalue weighted by Gasteiger charge is -2.09. The molecule has 0 fully saturated rings. The normalized spacial score (nSPS) is 11.2. The van der Waals surface area contributed by atoms with Gasteiger partial charge in [-0.3, -0.25) is 0 Å². The Morgan fingerprint density at radius 1 is 1.29 bits per heavy atom. The lowest BCUT2D eigenvalue weighted by atomic mass is 10.1. The first kappa shape index (κ1) is 15.4. The number of hydrogen-bond acceptors (Lipinski definition) is 5. The van der Waals surface area contributed by atoms with Gasteiger partial charge in [0.2, 0.25) is 0 Å². The molecule has 6 heteroatoms. The second kappa shape index (κ2) is 7.17. The van der Waals surface area contributed by atoms with Gasteiger partial charge in [0.05, 0.1) is 13.2 Å². The van der Waals surface area contributed by atoms with E-state index in [0.29, 0.717) is 19.1 Å². The van der Waals surface area contributed by atoms with E-state index in [2.05, 4.69) is 29.4 Å². The molecule has 0 aliphatic heterocycles. The Labute approximate surface area is 125 Å². The summed E-state index contributed by atoms with van der Waals surface area (Å²) in [6, 6.07) is 5.74. The lowest BCUT2D eigenvalue weighted by Crippen LogP contribution is -2.11. The first-order chi connectivity index (χ1) is 10.1. The number of aryl methyl sites for hydroxylation is 1. The lowest BCUT2D eigenvalue weighted by molar-refractivity contribution is 0.114. The highest BCUT2D eigenvalue weighted by Crippen LogP contribution is 2.22. The molecule has 0 spiro atoms. The Balaban J connectivity index is 1.98. The summed E-state index contributed by atoms with van der Waals surface area (Å²) in [6.07, 6.45) is 1.07. The number of nitrogens with two attached hydrogens (primary N) is 1. The molecule has 0 atom stereocenters. The van der Waals surface area contributed by atoms with E-state index in [0.717, 1.165) is 35.7 Å². The van der Waals surface area contributed by atoms with Crippen LogP contribution in [0.3, 0.4) is 0 Å². The monoisotopic (exact) mass is 289 g/mol. The number of rotatable bonds is 7. The highest BCUT2D eigenvalue weighted by molar-refractivity contribution is 5.63. The minimum absolute atomic E-state index is 0.610. The largest absolute Gasteiger partial charge is 0.399 e. The van der Waals surface area contributed by atoms with Gasteiger partial charge in [0.15, 0.2) is 5.82 Å². The molecule has 1 aromatic carbocycles. The SMILES string of the molecule is Cc1cc(N)ccc1-c1nnnn1CCOCCC(C)C. The van der Waals surface area contributed by atoms with Gasteiger partial charge in [0.25, 0.3) is 0 Å². The Bertz CT molecular complexity index is 579. The average molecular weight is 289 g/mol. The van der Waals surface area contributed by atoms with Gasteiger partial charge in [-0.15, -0.1) is 5.10 Å². The highest BCUT2D eigenvalue weighted by Gasteiger charge is 2.11. The maximum atomic E-state index is 5.78. The van der Waals surface area contributed by atoms with E-state index in [1.165, 1.54) is 0 Å². The zero-order valence-electron chi connectivity index (χ0n) is 12.9. The molecule has 1 aromatic heterocycles. The van der Waals surface area contributed by atoms with Crippen molar-refractivity contribution in [3.05, 3.63) is 23.8 Å². The summed E-state index contributed by atoms with van der Waals surface area (Å²) in [6.45, 7) is 8.41. The third kappa shape index (κ3) is 4.26. The van der Waals surface area contributed by atoms with Gasteiger partial charge in [-0.1, -0.05) is 13.8 Å². The van der Waals surface area contributed by atoms with Crippen molar-refractivity contribution in [1.29, 1.82) is 0 Å². The molecule has 0 saturated carbocycles. The molecule has 2 aromatic rings. The number of hydrogen-bond donors (Lipinski definition) is 1. The molecule has 0 aliphatic rings. The van der Waals surface area contributed by atoms with Crippen molar-refractivity contribution < 1.29 is 4.74 Å². The van der Waals surface area contributed by atoms with E-state index in [1.54, 1.807) is 4.68 Å². The van der Waals surface area contributed by atoms with Crippen LogP contribution in [0, 0.1) is 12.8 Å². The van der Waals surface area contributed by atoms with Crippen LogP contribution in [-0.2, 0) is 11.3 Å². The molecule has 6 nitrogen and oxygen atoms in total. The number of aromatic nitrogens is 4. The van der Waals surface area contributed by atoms with Crippen molar-refractivity contribution in [2.75, 3.05) is 18.9 Å². The molecule has 0 bridgehead atoms. The molecule has 2 N–H and O–H groups in total. The third-order valence-corrected chi connectivity index (χ3v) is 3.31. The van der Waals surface area contributed by atoms with Crippen LogP contribution in [0.2, 0.25) is 0 Å². The summed E-state index contributed by atoms with van der Waals surface area (Å²) in [7, 11) is 0. The zero-order chi connectivity index (χ0) is 15.2. The van der Waals surface area contributed by atoms with Crippen LogP contribution in [0.4, 0.5) is 5.69 Å². The Morgan fingerprint density at radius 2 is 2.10 bits per heavy atom. The molecular formula is C15H23N5O. The van der Waals surface area contributed by atoms with E-state index in [4.69, 9.17) is 10.5 Å². The Morgan fingerprint density at radius 3 is 2.81 bits per heavy atom. The molecule has 0 unspecified atom stereocenters. The highest BCUT2D eigenvalue weighted by atomic mass is 16.5. The van der Waals surface area contributed by atoms with Crippen LogP contribution in [0.5, 0.6) is 0 Å². The van der Waals surface area contributed by atoms with Gasteiger partial charge in [-0.05, 0) is 53.5 Å². The van der Waals surface area contributed by atoms with E-state index in [9.17, 15) is 0 Å². The predicted molar refractivity (Wildman–Crippen MR) is 82.7 cm³/mol. The summed E-state index contributed by atoms with van der Waals surface area (Å²) < 4.78 is 7.39. The van der Waals surface area contributed by atoms with E-state index >= 15 is 0 Å². The molecule has 0 radical (unpaired) electrons. The fourth-order valence-corrected chi connectivity index (χ4v) is 2.06. The van der Waals surface area contributed by atoms with E-state index < -0.39 is 0 Å². The zero-order valence-corrected chi connectivity index (χ0v) is 12.9. The minimum atomic E-state index is 0.610. The minimum Gasteiger partial charge on any atom is -0.399 e. The molecule has 21 heavy (non-hydrogen) atoms. The third-order valence-electron chi connectivity index (χ3n) is 3.31. The molecule has 1 heterocycles. The summed E-state index contributed by atoms with van der Waals surface area (Å²) >= 11 is 0.